The quantitative estimate of drug-likeness (QED) is 0.177. The van der Waals surface area contributed by atoms with Gasteiger partial charge in [0.1, 0.15) is 5.75 Å². The van der Waals surface area contributed by atoms with Gasteiger partial charge in [0.2, 0.25) is 5.79 Å². The molecule has 1 saturated heterocycles. The second kappa shape index (κ2) is 15.0. The Kier molecular flexibility index (Phi) is 11.2. The van der Waals surface area contributed by atoms with Crippen LogP contribution in [0.25, 0.3) is 0 Å². The molecule has 2 aliphatic heterocycles. The van der Waals surface area contributed by atoms with Crippen molar-refractivity contribution in [1.82, 2.24) is 10.6 Å². The van der Waals surface area contributed by atoms with Crippen molar-refractivity contribution in [3.63, 3.8) is 0 Å². The fraction of sp³-hybridized carbons (Fsp3) is 0.500. The van der Waals surface area contributed by atoms with Gasteiger partial charge in [-0.1, -0.05) is 36.8 Å². The molecule has 0 bridgehead atoms. The Hall–Kier alpha value is -3.42. The number of unbranched alkanes of at least 4 members (excludes halogenated alkanes) is 4. The average molecular weight is 564 g/mol. The zero-order valence-corrected chi connectivity index (χ0v) is 24.0. The third-order valence-electron chi connectivity index (χ3n) is 6.90. The van der Waals surface area contributed by atoms with Crippen molar-refractivity contribution < 1.29 is 28.9 Å². The van der Waals surface area contributed by atoms with E-state index in [2.05, 4.69) is 22.5 Å². The summed E-state index contributed by atoms with van der Waals surface area (Å²) in [6.07, 6.45) is 5.32. The third-order valence-corrected chi connectivity index (χ3v) is 6.90. The number of ether oxygens (including phenoxy) is 3. The van der Waals surface area contributed by atoms with Gasteiger partial charge in [0.25, 0.3) is 5.91 Å². The fourth-order valence-corrected chi connectivity index (χ4v) is 4.66. The first-order valence-electron chi connectivity index (χ1n) is 14.4. The number of hydrogen-bond acceptors (Lipinski definition) is 7. The minimum Gasteiger partial charge on any atom is -0.463 e. The molecular weight excluding hydrogens is 522 g/mol. The van der Waals surface area contributed by atoms with Gasteiger partial charge < -0.3 is 30.0 Å². The SMILES string of the molecule is CC1(C)OCc2cc([C@@H](O)CNCCCCCCOCCCC#Cc3cccc(N4C(=O)CNC4=O)c3)ccc2O1. The van der Waals surface area contributed by atoms with E-state index in [0.29, 0.717) is 25.4 Å². The number of urea groups is 1. The monoisotopic (exact) mass is 563 g/mol. The van der Waals surface area contributed by atoms with E-state index in [1.54, 1.807) is 18.2 Å². The zero-order chi connectivity index (χ0) is 29.1. The summed E-state index contributed by atoms with van der Waals surface area (Å²) >= 11 is 0. The predicted octanol–water partition coefficient (Wildman–Crippen LogP) is 4.42. The highest BCUT2D eigenvalue weighted by molar-refractivity contribution is 6.19. The summed E-state index contributed by atoms with van der Waals surface area (Å²) in [5.41, 5.74) is 3.14. The summed E-state index contributed by atoms with van der Waals surface area (Å²) < 4.78 is 17.2. The van der Waals surface area contributed by atoms with Gasteiger partial charge in [-0.05, 0) is 61.7 Å². The van der Waals surface area contributed by atoms with Crippen molar-refractivity contribution >= 4 is 17.6 Å². The maximum Gasteiger partial charge on any atom is 0.329 e. The number of rotatable bonds is 14. The predicted molar refractivity (Wildman–Crippen MR) is 156 cm³/mol. The van der Waals surface area contributed by atoms with Gasteiger partial charge in [-0.2, -0.15) is 0 Å². The van der Waals surface area contributed by atoms with Crippen molar-refractivity contribution in [3.05, 3.63) is 59.2 Å². The molecular formula is C32H41N3O6. The lowest BCUT2D eigenvalue weighted by atomic mass is 10.0. The van der Waals surface area contributed by atoms with Gasteiger partial charge >= 0.3 is 6.03 Å². The van der Waals surface area contributed by atoms with Crippen molar-refractivity contribution in [2.45, 2.75) is 70.9 Å². The number of carbonyl (C=O) groups is 2. The van der Waals surface area contributed by atoms with Crippen LogP contribution in [0.5, 0.6) is 5.75 Å². The second-order valence-corrected chi connectivity index (χ2v) is 10.7. The highest BCUT2D eigenvalue weighted by Gasteiger charge is 2.30. The van der Waals surface area contributed by atoms with Crippen LogP contribution in [0.15, 0.2) is 42.5 Å². The molecule has 3 N–H and O–H groups in total. The second-order valence-electron chi connectivity index (χ2n) is 10.7. The molecule has 1 atom stereocenters. The Balaban J connectivity index is 0.992. The molecule has 9 nitrogen and oxygen atoms in total. The minimum atomic E-state index is -0.618. The Morgan fingerprint density at radius 2 is 1.93 bits per heavy atom. The molecule has 0 radical (unpaired) electrons. The molecule has 2 aliphatic rings. The molecule has 2 aromatic carbocycles. The number of carbonyl (C=O) groups excluding carboxylic acids is 2. The summed E-state index contributed by atoms with van der Waals surface area (Å²) in [6, 6.07) is 12.5. The first-order valence-corrected chi connectivity index (χ1v) is 14.4. The van der Waals surface area contributed by atoms with E-state index in [4.69, 9.17) is 14.2 Å². The lowest BCUT2D eigenvalue weighted by Crippen LogP contribution is -2.35. The topological polar surface area (TPSA) is 109 Å². The number of fused-ring (bicyclic) bond motifs is 1. The van der Waals surface area contributed by atoms with Gasteiger partial charge in [-0.15, -0.1) is 0 Å². The highest BCUT2D eigenvalue weighted by Crippen LogP contribution is 2.32. The van der Waals surface area contributed by atoms with E-state index in [9.17, 15) is 14.7 Å². The molecule has 4 rings (SSSR count). The molecule has 2 heterocycles. The lowest BCUT2D eigenvalue weighted by Gasteiger charge is -2.33. The van der Waals surface area contributed by atoms with Crippen molar-refractivity contribution in [1.29, 1.82) is 0 Å². The number of nitrogens with zero attached hydrogens (tertiary/aromatic N) is 1. The minimum absolute atomic E-state index is 0.0281. The Labute approximate surface area is 242 Å². The van der Waals surface area contributed by atoms with Gasteiger partial charge in [0.05, 0.1) is 24.9 Å². The van der Waals surface area contributed by atoms with Gasteiger partial charge in [0.15, 0.2) is 0 Å². The van der Waals surface area contributed by atoms with E-state index in [1.165, 1.54) is 0 Å². The Bertz CT molecular complexity index is 1240. The molecule has 0 aromatic heterocycles. The van der Waals surface area contributed by atoms with Crippen molar-refractivity contribution in [2.24, 2.45) is 0 Å². The number of anilines is 1. The van der Waals surface area contributed by atoms with Crippen LogP contribution < -0.4 is 20.3 Å². The molecule has 1 fully saturated rings. The maximum atomic E-state index is 11.9. The van der Waals surface area contributed by atoms with Crippen LogP contribution in [0.3, 0.4) is 0 Å². The number of amides is 3. The Morgan fingerprint density at radius 1 is 1.10 bits per heavy atom. The van der Waals surface area contributed by atoms with Gasteiger partial charge in [-0.25, -0.2) is 9.69 Å². The summed E-state index contributed by atoms with van der Waals surface area (Å²) in [5, 5.41) is 16.4. The van der Waals surface area contributed by atoms with Crippen molar-refractivity contribution in [3.8, 4) is 17.6 Å². The van der Waals surface area contributed by atoms with Crippen LogP contribution in [-0.2, 0) is 20.9 Å². The molecule has 9 heteroatoms. The molecule has 41 heavy (non-hydrogen) atoms. The van der Waals surface area contributed by atoms with Crippen LogP contribution in [0.1, 0.15) is 75.2 Å². The smallest absolute Gasteiger partial charge is 0.329 e. The average Bonchev–Trinajstić information content (AvgIpc) is 3.29. The number of aliphatic hydroxyl groups is 1. The number of hydrogen-bond donors (Lipinski definition) is 3. The maximum absolute atomic E-state index is 11.9. The van der Waals surface area contributed by atoms with Crippen LogP contribution in [-0.4, -0.2) is 55.7 Å². The molecule has 0 saturated carbocycles. The van der Waals surface area contributed by atoms with Gasteiger partial charge in [-0.3, -0.25) is 4.79 Å². The molecule has 3 amide bonds. The van der Waals surface area contributed by atoms with Crippen LogP contribution in [0, 0.1) is 11.8 Å². The zero-order valence-electron chi connectivity index (χ0n) is 24.0. The summed E-state index contributed by atoms with van der Waals surface area (Å²) in [5.74, 6) is 6.17. The molecule has 0 spiro atoms. The number of imide groups is 1. The van der Waals surface area contributed by atoms with E-state index in [0.717, 1.165) is 79.0 Å². The standard InChI is InChI=1S/C32H41N3O6/c1-32(2)40-23-26-20-25(14-15-29(26)41-32)28(36)21-33-16-7-3-4-8-17-39-18-9-5-6-11-24-12-10-13-27(19-24)35-30(37)22-34-31(35)38/h10,12-15,19-20,28,33,36H,3-5,7-9,16-18,21-23H2,1-2H3,(H,34,38)/t28-/m0/s1. The summed E-state index contributed by atoms with van der Waals surface area (Å²) in [6.45, 7) is 7.10. The van der Waals surface area contributed by atoms with Crippen LogP contribution >= 0.6 is 0 Å². The fourth-order valence-electron chi connectivity index (χ4n) is 4.66. The van der Waals surface area contributed by atoms with E-state index in [1.807, 2.05) is 38.1 Å². The number of nitrogens with one attached hydrogen (secondary N) is 2. The first-order chi connectivity index (χ1) is 19.8. The Morgan fingerprint density at radius 3 is 2.76 bits per heavy atom. The molecule has 220 valence electrons. The third kappa shape index (κ3) is 9.30. The first kappa shape index (κ1) is 30.5. The summed E-state index contributed by atoms with van der Waals surface area (Å²) in [7, 11) is 0. The van der Waals surface area contributed by atoms with E-state index in [-0.39, 0.29) is 12.5 Å². The van der Waals surface area contributed by atoms with Crippen LogP contribution in [0.4, 0.5) is 10.5 Å². The molecule has 2 aromatic rings. The molecule has 0 unspecified atom stereocenters. The molecule has 0 aliphatic carbocycles. The van der Waals surface area contributed by atoms with Crippen LogP contribution in [0.2, 0.25) is 0 Å². The van der Waals surface area contributed by atoms with Crippen molar-refractivity contribution in [2.75, 3.05) is 37.7 Å². The largest absolute Gasteiger partial charge is 0.463 e. The number of aliphatic hydroxyl groups excluding tert-OH is 1. The lowest BCUT2D eigenvalue weighted by molar-refractivity contribution is -0.180. The number of benzene rings is 2. The van der Waals surface area contributed by atoms with E-state index >= 15 is 0 Å². The highest BCUT2D eigenvalue weighted by atomic mass is 16.7. The summed E-state index contributed by atoms with van der Waals surface area (Å²) in [4.78, 5) is 24.8. The van der Waals surface area contributed by atoms with Gasteiger partial charge in [0, 0.05) is 51.2 Å². The normalized spacial score (nSPS) is 16.4. The van der Waals surface area contributed by atoms with E-state index < -0.39 is 17.9 Å².